The first-order chi connectivity index (χ1) is 17.1. The normalized spacial score (nSPS) is 15.1. The van der Waals surface area contributed by atoms with Gasteiger partial charge in [-0.05, 0) is 61.1 Å². The molecule has 0 radical (unpaired) electrons. The van der Waals surface area contributed by atoms with E-state index in [1.54, 1.807) is 28.4 Å². The van der Waals surface area contributed by atoms with Crippen molar-refractivity contribution >= 4 is 17.4 Å². The molecule has 0 spiro atoms. The van der Waals surface area contributed by atoms with Gasteiger partial charge in [-0.2, -0.15) is 0 Å². The molecule has 0 aromatic heterocycles. The van der Waals surface area contributed by atoms with E-state index in [9.17, 15) is 0 Å². The molecule has 0 fully saturated rings. The second-order valence-corrected chi connectivity index (χ2v) is 9.72. The van der Waals surface area contributed by atoms with Crippen molar-refractivity contribution in [3.05, 3.63) is 65.2 Å². The minimum atomic E-state index is 0.770. The number of ether oxygens (including phenoxy) is 4. The van der Waals surface area contributed by atoms with E-state index in [4.69, 9.17) is 18.9 Å². The van der Waals surface area contributed by atoms with Gasteiger partial charge in [-0.25, -0.2) is 0 Å². The van der Waals surface area contributed by atoms with Crippen LogP contribution >= 0.6 is 11.8 Å². The van der Waals surface area contributed by atoms with E-state index < -0.39 is 0 Å². The third kappa shape index (κ3) is 4.55. The second kappa shape index (κ2) is 10.2. The van der Waals surface area contributed by atoms with Gasteiger partial charge in [0.15, 0.2) is 0 Å². The van der Waals surface area contributed by atoms with Crippen LogP contribution in [-0.2, 0) is 0 Å². The first kappa shape index (κ1) is 23.5. The molecule has 0 bridgehead atoms. The molecular weight excluding hydrogens is 458 g/mol. The summed E-state index contributed by atoms with van der Waals surface area (Å²) in [4.78, 5) is 4.05. The molecule has 2 aliphatic rings. The SMILES string of the molecule is COc1cc(OC)cc(-c2cccc(-c3cc(OC)cc(OC)c3)c2N2CSC3=C2CCCC3)c1. The van der Waals surface area contributed by atoms with Gasteiger partial charge in [0.05, 0.1) is 40.0 Å². The van der Waals surface area contributed by atoms with Gasteiger partial charge in [-0.3, -0.25) is 0 Å². The number of benzene rings is 3. The zero-order valence-corrected chi connectivity index (χ0v) is 21.5. The lowest BCUT2D eigenvalue weighted by Crippen LogP contribution is -2.20. The summed E-state index contributed by atoms with van der Waals surface area (Å²) in [7, 11) is 6.76. The quantitative estimate of drug-likeness (QED) is 0.345. The second-order valence-electron chi connectivity index (χ2n) is 8.68. The summed E-state index contributed by atoms with van der Waals surface area (Å²) in [5.74, 6) is 4.00. The van der Waals surface area contributed by atoms with Gasteiger partial charge in [0, 0.05) is 33.9 Å². The summed E-state index contributed by atoms with van der Waals surface area (Å²) in [6.45, 7) is 0. The van der Waals surface area contributed by atoms with Crippen molar-refractivity contribution in [1.82, 2.24) is 0 Å². The Bertz CT molecular complexity index is 1150. The fourth-order valence-electron chi connectivity index (χ4n) is 4.95. The van der Waals surface area contributed by atoms with Crippen molar-refractivity contribution < 1.29 is 18.9 Å². The molecule has 3 aromatic carbocycles. The maximum atomic E-state index is 5.61. The highest BCUT2D eigenvalue weighted by molar-refractivity contribution is 8.03. The van der Waals surface area contributed by atoms with Crippen LogP contribution in [0.15, 0.2) is 65.2 Å². The summed E-state index contributed by atoms with van der Waals surface area (Å²) in [5, 5.41) is 0. The van der Waals surface area contributed by atoms with Gasteiger partial charge in [0.2, 0.25) is 0 Å². The predicted molar refractivity (Wildman–Crippen MR) is 144 cm³/mol. The van der Waals surface area contributed by atoms with Gasteiger partial charge in [0.25, 0.3) is 0 Å². The van der Waals surface area contributed by atoms with Crippen LogP contribution in [-0.4, -0.2) is 34.3 Å². The molecule has 0 atom stereocenters. The molecule has 0 saturated carbocycles. The lowest BCUT2D eigenvalue weighted by Gasteiger charge is -2.29. The zero-order valence-electron chi connectivity index (χ0n) is 20.7. The molecule has 1 aliphatic carbocycles. The highest BCUT2D eigenvalue weighted by atomic mass is 32.2. The van der Waals surface area contributed by atoms with E-state index in [1.165, 1.54) is 35.6 Å². The number of methoxy groups -OCH3 is 4. The van der Waals surface area contributed by atoms with Crippen LogP contribution in [0.4, 0.5) is 5.69 Å². The molecule has 6 heteroatoms. The van der Waals surface area contributed by atoms with Crippen LogP contribution in [0.5, 0.6) is 23.0 Å². The molecule has 0 unspecified atom stereocenters. The number of hydrogen-bond donors (Lipinski definition) is 0. The maximum Gasteiger partial charge on any atom is 0.123 e. The third-order valence-electron chi connectivity index (χ3n) is 6.71. The van der Waals surface area contributed by atoms with Crippen molar-refractivity contribution in [2.24, 2.45) is 0 Å². The highest BCUT2D eigenvalue weighted by Gasteiger charge is 2.30. The molecular formula is C29H31NO4S. The standard InChI is InChI=1S/C29H31NO4S/c1-31-21-12-19(13-22(16-21)32-2)25-8-7-9-26(20-14-23(33-3)17-24(15-20)34-4)29(25)30-18-35-28-11-6-5-10-27(28)30/h7-9,12-17H,5-6,10-11,18H2,1-4H3. The number of anilines is 1. The molecule has 182 valence electrons. The minimum absolute atomic E-state index is 0.770. The van der Waals surface area contributed by atoms with Crippen LogP contribution in [0.25, 0.3) is 22.3 Å². The Morgan fingerprint density at radius 1 is 0.657 bits per heavy atom. The van der Waals surface area contributed by atoms with Crippen molar-refractivity contribution in [3.63, 3.8) is 0 Å². The minimum Gasteiger partial charge on any atom is -0.497 e. The summed E-state index contributed by atoms with van der Waals surface area (Å²) in [6, 6.07) is 18.6. The lowest BCUT2D eigenvalue weighted by atomic mass is 9.93. The maximum absolute atomic E-state index is 5.61. The Morgan fingerprint density at radius 3 is 1.63 bits per heavy atom. The predicted octanol–water partition coefficient (Wildman–Crippen LogP) is 7.35. The Balaban J connectivity index is 1.76. The zero-order chi connectivity index (χ0) is 24.4. The Kier molecular flexibility index (Phi) is 6.82. The molecule has 0 amide bonds. The van der Waals surface area contributed by atoms with E-state index in [-0.39, 0.29) is 0 Å². The Labute approximate surface area is 211 Å². The van der Waals surface area contributed by atoms with Gasteiger partial charge < -0.3 is 23.8 Å². The van der Waals surface area contributed by atoms with Crippen LogP contribution in [0, 0.1) is 0 Å². The lowest BCUT2D eigenvalue weighted by molar-refractivity contribution is 0.394. The summed E-state index contributed by atoms with van der Waals surface area (Å²) >= 11 is 1.97. The summed E-state index contributed by atoms with van der Waals surface area (Å²) in [6.07, 6.45) is 4.79. The summed E-state index contributed by atoms with van der Waals surface area (Å²) in [5.41, 5.74) is 7.05. The Hall–Kier alpha value is -3.25. The van der Waals surface area contributed by atoms with Crippen molar-refractivity contribution in [1.29, 1.82) is 0 Å². The van der Waals surface area contributed by atoms with Crippen molar-refractivity contribution in [2.45, 2.75) is 25.7 Å². The van der Waals surface area contributed by atoms with E-state index >= 15 is 0 Å². The molecule has 1 heterocycles. The topological polar surface area (TPSA) is 40.2 Å². The number of hydrogen-bond acceptors (Lipinski definition) is 6. The number of para-hydroxylation sites is 1. The number of thioether (sulfide) groups is 1. The van der Waals surface area contributed by atoms with Crippen LogP contribution < -0.4 is 23.8 Å². The van der Waals surface area contributed by atoms with Gasteiger partial charge >= 0.3 is 0 Å². The first-order valence-electron chi connectivity index (χ1n) is 11.9. The molecule has 0 saturated heterocycles. The number of allylic oxidation sites excluding steroid dienone is 2. The molecule has 1 aliphatic heterocycles. The van der Waals surface area contributed by atoms with E-state index in [0.29, 0.717) is 0 Å². The van der Waals surface area contributed by atoms with Gasteiger partial charge in [-0.1, -0.05) is 18.2 Å². The van der Waals surface area contributed by atoms with Crippen molar-refractivity contribution in [3.8, 4) is 45.3 Å². The fourth-order valence-corrected chi connectivity index (χ4v) is 6.19. The number of nitrogens with zero attached hydrogens (tertiary/aromatic N) is 1. The molecule has 5 rings (SSSR count). The van der Waals surface area contributed by atoms with E-state index in [2.05, 4.69) is 47.4 Å². The highest BCUT2D eigenvalue weighted by Crippen LogP contribution is 2.50. The monoisotopic (exact) mass is 489 g/mol. The third-order valence-corrected chi connectivity index (χ3v) is 7.89. The molecule has 35 heavy (non-hydrogen) atoms. The van der Waals surface area contributed by atoms with Crippen LogP contribution in [0.1, 0.15) is 25.7 Å². The first-order valence-corrected chi connectivity index (χ1v) is 12.9. The fraction of sp³-hybridized carbons (Fsp3) is 0.310. The van der Waals surface area contributed by atoms with Gasteiger partial charge in [-0.15, -0.1) is 11.8 Å². The van der Waals surface area contributed by atoms with Crippen LogP contribution in [0.2, 0.25) is 0 Å². The molecule has 0 N–H and O–H groups in total. The molecule has 3 aromatic rings. The van der Waals surface area contributed by atoms with E-state index in [1.807, 2.05) is 23.9 Å². The molecule has 5 nitrogen and oxygen atoms in total. The van der Waals surface area contributed by atoms with Crippen molar-refractivity contribution in [2.75, 3.05) is 39.2 Å². The Morgan fingerprint density at radius 2 is 1.14 bits per heavy atom. The largest absolute Gasteiger partial charge is 0.497 e. The average molecular weight is 490 g/mol. The van der Waals surface area contributed by atoms with Gasteiger partial charge in [0.1, 0.15) is 23.0 Å². The summed E-state index contributed by atoms with van der Waals surface area (Å²) < 4.78 is 22.4. The smallest absolute Gasteiger partial charge is 0.123 e. The van der Waals surface area contributed by atoms with Crippen LogP contribution in [0.3, 0.4) is 0 Å². The average Bonchev–Trinajstić information content (AvgIpc) is 3.35. The van der Waals surface area contributed by atoms with E-state index in [0.717, 1.165) is 57.5 Å². The number of rotatable bonds is 7.